The lowest BCUT2D eigenvalue weighted by molar-refractivity contribution is -0.131. The van der Waals surface area contributed by atoms with E-state index in [1.165, 1.54) is 32.1 Å². The summed E-state index contributed by atoms with van der Waals surface area (Å²) >= 11 is 2.13. The van der Waals surface area contributed by atoms with Crippen LogP contribution in [0.4, 0.5) is 0 Å². The van der Waals surface area contributed by atoms with Crippen LogP contribution in [0.5, 0.6) is 0 Å². The van der Waals surface area contributed by atoms with Gasteiger partial charge in [0.05, 0.1) is 0 Å². The van der Waals surface area contributed by atoms with Crippen molar-refractivity contribution in [3.63, 3.8) is 0 Å². The molecule has 19 heavy (non-hydrogen) atoms. The van der Waals surface area contributed by atoms with Gasteiger partial charge in [-0.25, -0.2) is 0 Å². The van der Waals surface area contributed by atoms with E-state index in [1.807, 2.05) is 0 Å². The van der Waals surface area contributed by atoms with Crippen molar-refractivity contribution >= 4 is 17.7 Å². The van der Waals surface area contributed by atoms with Crippen LogP contribution < -0.4 is 0 Å². The molecule has 0 N–H and O–H groups in total. The van der Waals surface area contributed by atoms with Gasteiger partial charge in [-0.2, -0.15) is 11.8 Å². The minimum Gasteiger partial charge on any atom is -0.340 e. The van der Waals surface area contributed by atoms with Crippen LogP contribution >= 0.6 is 11.8 Å². The van der Waals surface area contributed by atoms with Crippen LogP contribution in [0.2, 0.25) is 0 Å². The first kappa shape index (κ1) is 15.2. The Morgan fingerprint density at radius 1 is 1.26 bits per heavy atom. The summed E-state index contributed by atoms with van der Waals surface area (Å²) in [5.41, 5.74) is 0. The molecule has 1 aliphatic carbocycles. The maximum Gasteiger partial charge on any atom is 0.222 e. The molecule has 1 spiro atoms. The molecule has 2 rings (SSSR count). The minimum atomic E-state index is 0.382. The lowest BCUT2D eigenvalue weighted by Gasteiger charge is -2.44. The monoisotopic (exact) mass is 284 g/mol. The fourth-order valence-electron chi connectivity index (χ4n) is 3.26. The molecule has 2 fully saturated rings. The third-order valence-electron chi connectivity index (χ3n) is 4.36. The van der Waals surface area contributed by atoms with E-state index in [0.717, 1.165) is 38.2 Å². The Bertz CT molecular complexity index is 295. The summed E-state index contributed by atoms with van der Waals surface area (Å²) in [6.07, 6.45) is 8.45. The first-order valence-corrected chi connectivity index (χ1v) is 8.66. The normalized spacial score (nSPS) is 23.0. The molecule has 1 aliphatic heterocycles. The van der Waals surface area contributed by atoms with E-state index in [1.54, 1.807) is 0 Å². The second-order valence-electron chi connectivity index (χ2n) is 6.31. The summed E-state index contributed by atoms with van der Waals surface area (Å²) in [4.78, 5) is 16.6. The zero-order chi connectivity index (χ0) is 13.7. The molecule has 0 aromatic rings. The highest BCUT2D eigenvalue weighted by atomic mass is 32.2. The highest BCUT2D eigenvalue weighted by molar-refractivity contribution is 8.00. The van der Waals surface area contributed by atoms with E-state index in [9.17, 15) is 4.79 Å². The lowest BCUT2D eigenvalue weighted by atomic mass is 9.87. The molecule has 0 bridgehead atoms. The Labute approximate surface area is 122 Å². The summed E-state index contributed by atoms with van der Waals surface area (Å²) in [6.45, 7) is 2.99. The Morgan fingerprint density at radius 2 is 2.00 bits per heavy atom. The number of carbonyl (C=O) groups excluding carboxylic acids is 1. The Balaban J connectivity index is 1.81. The summed E-state index contributed by atoms with van der Waals surface area (Å²) in [7, 11) is 4.14. The number of nitrogens with zero attached hydrogens (tertiary/aromatic N) is 2. The number of rotatable bonds is 4. The van der Waals surface area contributed by atoms with E-state index in [0.29, 0.717) is 10.7 Å². The van der Waals surface area contributed by atoms with Crippen molar-refractivity contribution in [1.29, 1.82) is 0 Å². The molecule has 110 valence electrons. The van der Waals surface area contributed by atoms with Crippen molar-refractivity contribution in [2.75, 3.05) is 39.5 Å². The molecule has 0 radical (unpaired) electrons. The average molecular weight is 284 g/mol. The largest absolute Gasteiger partial charge is 0.340 e. The van der Waals surface area contributed by atoms with Crippen molar-refractivity contribution < 1.29 is 4.79 Å². The molecule has 1 amide bonds. The Kier molecular flexibility index (Phi) is 5.58. The molecule has 1 heterocycles. The van der Waals surface area contributed by atoms with Crippen LogP contribution in [0.15, 0.2) is 0 Å². The van der Waals surface area contributed by atoms with Crippen LogP contribution in [0, 0.1) is 0 Å². The second-order valence-corrected chi connectivity index (χ2v) is 7.88. The molecule has 3 nitrogen and oxygen atoms in total. The van der Waals surface area contributed by atoms with E-state index >= 15 is 0 Å². The summed E-state index contributed by atoms with van der Waals surface area (Å²) in [5, 5.41) is 0. The van der Waals surface area contributed by atoms with Crippen LogP contribution in [0.1, 0.15) is 44.9 Å². The fourth-order valence-corrected chi connectivity index (χ4v) is 4.83. The zero-order valence-corrected chi connectivity index (χ0v) is 13.3. The predicted octanol–water partition coefficient (Wildman–Crippen LogP) is 2.61. The lowest BCUT2D eigenvalue weighted by Crippen LogP contribution is -2.49. The molecule has 0 aromatic heterocycles. The summed E-state index contributed by atoms with van der Waals surface area (Å²) in [6, 6.07) is 0. The number of carbonyl (C=O) groups is 1. The van der Waals surface area contributed by atoms with Gasteiger partial charge in [-0.3, -0.25) is 4.79 Å². The SMILES string of the molecule is CN(C)CCCC(=O)N1CCSC2(CCCCC2)C1. The van der Waals surface area contributed by atoms with Crippen molar-refractivity contribution in [2.45, 2.75) is 49.7 Å². The van der Waals surface area contributed by atoms with Gasteiger partial charge in [-0.05, 0) is 39.9 Å². The fraction of sp³-hybridized carbons (Fsp3) is 0.933. The zero-order valence-electron chi connectivity index (χ0n) is 12.5. The number of hydrogen-bond acceptors (Lipinski definition) is 3. The predicted molar refractivity (Wildman–Crippen MR) is 82.6 cm³/mol. The van der Waals surface area contributed by atoms with Crippen LogP contribution in [0.25, 0.3) is 0 Å². The molecule has 1 saturated heterocycles. The van der Waals surface area contributed by atoms with Gasteiger partial charge in [-0.1, -0.05) is 19.3 Å². The molecule has 1 saturated carbocycles. The number of amides is 1. The van der Waals surface area contributed by atoms with Crippen LogP contribution in [-0.4, -0.2) is 59.9 Å². The molecular formula is C15H28N2OS. The molecule has 0 unspecified atom stereocenters. The van der Waals surface area contributed by atoms with E-state index in [4.69, 9.17) is 0 Å². The third-order valence-corrected chi connectivity index (χ3v) is 5.90. The maximum absolute atomic E-state index is 12.3. The quantitative estimate of drug-likeness (QED) is 0.793. The molecule has 0 aromatic carbocycles. The molecular weight excluding hydrogens is 256 g/mol. The Hall–Kier alpha value is -0.220. The van der Waals surface area contributed by atoms with Crippen molar-refractivity contribution in [2.24, 2.45) is 0 Å². The molecule has 4 heteroatoms. The molecule has 2 aliphatic rings. The van der Waals surface area contributed by atoms with Crippen molar-refractivity contribution in [3.8, 4) is 0 Å². The topological polar surface area (TPSA) is 23.6 Å². The van der Waals surface area contributed by atoms with Gasteiger partial charge >= 0.3 is 0 Å². The van der Waals surface area contributed by atoms with Gasteiger partial charge in [-0.15, -0.1) is 0 Å². The van der Waals surface area contributed by atoms with Gasteiger partial charge in [0.1, 0.15) is 0 Å². The van der Waals surface area contributed by atoms with Gasteiger partial charge in [0, 0.05) is 30.0 Å². The van der Waals surface area contributed by atoms with Crippen molar-refractivity contribution in [3.05, 3.63) is 0 Å². The Morgan fingerprint density at radius 3 is 2.68 bits per heavy atom. The minimum absolute atomic E-state index is 0.382. The summed E-state index contributed by atoms with van der Waals surface area (Å²) < 4.78 is 0.410. The van der Waals surface area contributed by atoms with Crippen molar-refractivity contribution in [1.82, 2.24) is 9.80 Å². The van der Waals surface area contributed by atoms with Gasteiger partial charge in [0.25, 0.3) is 0 Å². The molecule has 0 atom stereocenters. The van der Waals surface area contributed by atoms with E-state index in [2.05, 4.69) is 35.7 Å². The third kappa shape index (κ3) is 4.38. The van der Waals surface area contributed by atoms with E-state index < -0.39 is 0 Å². The first-order valence-electron chi connectivity index (χ1n) is 7.68. The summed E-state index contributed by atoms with van der Waals surface area (Å²) in [5.74, 6) is 1.52. The first-order chi connectivity index (χ1) is 9.11. The number of thioether (sulfide) groups is 1. The van der Waals surface area contributed by atoms with Gasteiger partial charge in [0.2, 0.25) is 5.91 Å². The second kappa shape index (κ2) is 6.98. The van der Waals surface area contributed by atoms with E-state index in [-0.39, 0.29) is 0 Å². The maximum atomic E-state index is 12.3. The van der Waals surface area contributed by atoms with Crippen LogP contribution in [0.3, 0.4) is 0 Å². The number of hydrogen-bond donors (Lipinski definition) is 0. The highest BCUT2D eigenvalue weighted by Crippen LogP contribution is 2.42. The smallest absolute Gasteiger partial charge is 0.222 e. The van der Waals surface area contributed by atoms with Gasteiger partial charge in [0.15, 0.2) is 0 Å². The van der Waals surface area contributed by atoms with Crippen LogP contribution in [-0.2, 0) is 4.79 Å². The average Bonchev–Trinajstić information content (AvgIpc) is 2.39. The van der Waals surface area contributed by atoms with Gasteiger partial charge < -0.3 is 9.80 Å². The standard InChI is InChI=1S/C15H28N2OS/c1-16(2)10-6-7-14(18)17-11-12-19-15(13-17)8-4-3-5-9-15/h3-13H2,1-2H3. The highest BCUT2D eigenvalue weighted by Gasteiger charge is 2.38.